The monoisotopic (exact) mass is 334 g/mol. The summed E-state index contributed by atoms with van der Waals surface area (Å²) in [4.78, 5) is 55.0. The molecule has 0 spiro atoms. The number of hydrogen-bond donors (Lipinski definition) is 7. The van der Waals surface area contributed by atoms with Crippen LogP contribution in [0.3, 0.4) is 0 Å². The van der Waals surface area contributed by atoms with Crippen molar-refractivity contribution in [2.24, 2.45) is 5.73 Å². The number of hydrogen-bond acceptors (Lipinski definition) is 7. The zero-order valence-electron chi connectivity index (χ0n) is 11.9. The molecular weight excluding hydrogens is 316 g/mol. The van der Waals surface area contributed by atoms with Crippen molar-refractivity contribution in [2.75, 3.05) is 19.7 Å². The van der Waals surface area contributed by atoms with Gasteiger partial charge >= 0.3 is 11.9 Å². The molecule has 23 heavy (non-hydrogen) atoms. The van der Waals surface area contributed by atoms with Gasteiger partial charge < -0.3 is 37.0 Å². The number of carboxylic acid groups (broad SMARTS) is 2. The molecule has 3 amide bonds. The summed E-state index contributed by atoms with van der Waals surface area (Å²) in [6, 6.07) is -2.74. The molecule has 0 saturated carbocycles. The molecule has 0 aliphatic rings. The number of carbonyl (C=O) groups is 5. The average Bonchev–Trinajstić information content (AvgIpc) is 2.46. The second kappa shape index (κ2) is 10.1. The standard InChI is InChI=1S/C11H18N4O8/c12-5(1-8(18)19)10(22)13-2-7(17)15-6(4-16)11(23)14-3-9(20)21/h5-6,16H,1-4,12H2,(H,13,22)(H,14,23)(H,15,17)(H,18,19)(H,20,21). The summed E-state index contributed by atoms with van der Waals surface area (Å²) in [5, 5.41) is 31.9. The number of carbonyl (C=O) groups excluding carboxylic acids is 3. The molecule has 0 saturated heterocycles. The number of carboxylic acids is 2. The van der Waals surface area contributed by atoms with Crippen LogP contribution in [0.5, 0.6) is 0 Å². The molecule has 130 valence electrons. The molecule has 0 aliphatic heterocycles. The zero-order valence-corrected chi connectivity index (χ0v) is 11.9. The van der Waals surface area contributed by atoms with Crippen molar-refractivity contribution in [3.8, 4) is 0 Å². The summed E-state index contributed by atoms with van der Waals surface area (Å²) >= 11 is 0. The van der Waals surface area contributed by atoms with Crippen LogP contribution < -0.4 is 21.7 Å². The Balaban J connectivity index is 4.29. The van der Waals surface area contributed by atoms with Gasteiger partial charge in [-0.1, -0.05) is 0 Å². The first-order valence-corrected chi connectivity index (χ1v) is 6.32. The molecule has 0 fully saturated rings. The van der Waals surface area contributed by atoms with Crippen LogP contribution in [0.2, 0.25) is 0 Å². The quantitative estimate of drug-likeness (QED) is 0.205. The van der Waals surface area contributed by atoms with Crippen molar-refractivity contribution in [3.05, 3.63) is 0 Å². The van der Waals surface area contributed by atoms with Crippen LogP contribution in [0.25, 0.3) is 0 Å². The fraction of sp³-hybridized carbons (Fsp3) is 0.545. The van der Waals surface area contributed by atoms with Gasteiger partial charge in [0.2, 0.25) is 17.7 Å². The molecule has 0 aromatic carbocycles. The van der Waals surface area contributed by atoms with Gasteiger partial charge in [-0.05, 0) is 0 Å². The number of aliphatic hydroxyl groups excluding tert-OH is 1. The molecule has 0 heterocycles. The lowest BCUT2D eigenvalue weighted by atomic mass is 10.2. The number of aliphatic carboxylic acids is 2. The Morgan fingerprint density at radius 2 is 1.48 bits per heavy atom. The van der Waals surface area contributed by atoms with E-state index >= 15 is 0 Å². The highest BCUT2D eigenvalue weighted by Gasteiger charge is 2.22. The van der Waals surface area contributed by atoms with Gasteiger partial charge in [0.25, 0.3) is 0 Å². The largest absolute Gasteiger partial charge is 0.481 e. The van der Waals surface area contributed by atoms with Gasteiger partial charge in [-0.3, -0.25) is 24.0 Å². The van der Waals surface area contributed by atoms with E-state index in [1.54, 1.807) is 0 Å². The van der Waals surface area contributed by atoms with E-state index in [4.69, 9.17) is 21.1 Å². The maximum Gasteiger partial charge on any atom is 0.322 e. The minimum absolute atomic E-state index is 0.602. The van der Waals surface area contributed by atoms with E-state index in [1.807, 2.05) is 5.32 Å². The van der Waals surface area contributed by atoms with Crippen LogP contribution >= 0.6 is 0 Å². The molecule has 0 aromatic heterocycles. The topological polar surface area (TPSA) is 208 Å². The third-order valence-electron chi connectivity index (χ3n) is 2.40. The maximum atomic E-state index is 11.5. The van der Waals surface area contributed by atoms with Gasteiger partial charge in [0.15, 0.2) is 0 Å². The Bertz CT molecular complexity index is 481. The molecule has 12 heteroatoms. The molecule has 2 atom stereocenters. The Kier molecular flexibility index (Phi) is 8.88. The molecule has 12 nitrogen and oxygen atoms in total. The molecular formula is C11H18N4O8. The fourth-order valence-electron chi connectivity index (χ4n) is 1.30. The van der Waals surface area contributed by atoms with E-state index in [9.17, 15) is 24.0 Å². The summed E-state index contributed by atoms with van der Waals surface area (Å²) in [5.74, 6) is -5.24. The summed E-state index contributed by atoms with van der Waals surface area (Å²) in [6.45, 7) is -2.08. The van der Waals surface area contributed by atoms with Crippen molar-refractivity contribution in [1.82, 2.24) is 16.0 Å². The van der Waals surface area contributed by atoms with Crippen molar-refractivity contribution >= 4 is 29.7 Å². The molecule has 0 radical (unpaired) electrons. The molecule has 2 unspecified atom stereocenters. The summed E-state index contributed by atoms with van der Waals surface area (Å²) < 4.78 is 0. The van der Waals surface area contributed by atoms with Crippen LogP contribution in [-0.4, -0.2) is 76.8 Å². The fourth-order valence-corrected chi connectivity index (χ4v) is 1.30. The van der Waals surface area contributed by atoms with Crippen molar-refractivity contribution in [3.63, 3.8) is 0 Å². The van der Waals surface area contributed by atoms with Crippen molar-refractivity contribution < 1.29 is 39.3 Å². The van der Waals surface area contributed by atoms with Crippen LogP contribution in [-0.2, 0) is 24.0 Å². The molecule has 0 aromatic rings. The molecule has 0 bridgehead atoms. The minimum Gasteiger partial charge on any atom is -0.481 e. The number of rotatable bonds is 10. The van der Waals surface area contributed by atoms with Crippen molar-refractivity contribution in [2.45, 2.75) is 18.5 Å². The van der Waals surface area contributed by atoms with E-state index in [0.29, 0.717) is 0 Å². The third kappa shape index (κ3) is 9.00. The predicted octanol–water partition coefficient (Wildman–Crippen LogP) is -4.42. The highest BCUT2D eigenvalue weighted by Crippen LogP contribution is 1.88. The molecule has 8 N–H and O–H groups in total. The van der Waals surface area contributed by atoms with Gasteiger partial charge in [-0.2, -0.15) is 0 Å². The first kappa shape index (κ1) is 20.3. The minimum atomic E-state index is -1.40. The number of nitrogens with two attached hydrogens (primary N) is 1. The second-order valence-corrected chi connectivity index (χ2v) is 4.34. The highest BCUT2D eigenvalue weighted by atomic mass is 16.4. The van der Waals surface area contributed by atoms with E-state index in [0.717, 1.165) is 0 Å². The highest BCUT2D eigenvalue weighted by molar-refractivity contribution is 5.92. The van der Waals surface area contributed by atoms with Gasteiger partial charge in [-0.15, -0.1) is 0 Å². The second-order valence-electron chi connectivity index (χ2n) is 4.34. The molecule has 0 aliphatic carbocycles. The van der Waals surface area contributed by atoms with Gasteiger partial charge in [-0.25, -0.2) is 0 Å². The normalized spacial score (nSPS) is 12.6. The Hall–Kier alpha value is -2.73. The lowest BCUT2D eigenvalue weighted by molar-refractivity contribution is -0.139. The van der Waals surface area contributed by atoms with E-state index in [-0.39, 0.29) is 0 Å². The average molecular weight is 334 g/mol. The Labute approximate surface area is 130 Å². The van der Waals surface area contributed by atoms with Crippen LogP contribution in [0.1, 0.15) is 6.42 Å². The number of amides is 3. The van der Waals surface area contributed by atoms with Gasteiger partial charge in [0.05, 0.1) is 25.6 Å². The zero-order chi connectivity index (χ0) is 18.0. The van der Waals surface area contributed by atoms with Crippen LogP contribution in [0, 0.1) is 0 Å². The lowest BCUT2D eigenvalue weighted by Gasteiger charge is -2.16. The summed E-state index contributed by atoms with van der Waals surface area (Å²) in [6.07, 6.45) is -0.621. The van der Waals surface area contributed by atoms with E-state index in [1.165, 1.54) is 0 Å². The molecule has 0 rings (SSSR count). The van der Waals surface area contributed by atoms with Gasteiger partial charge in [0.1, 0.15) is 12.6 Å². The van der Waals surface area contributed by atoms with E-state index in [2.05, 4.69) is 10.6 Å². The first-order chi connectivity index (χ1) is 10.7. The van der Waals surface area contributed by atoms with Crippen molar-refractivity contribution in [1.29, 1.82) is 0 Å². The number of aliphatic hydroxyl groups is 1. The SMILES string of the molecule is NC(CC(=O)O)C(=O)NCC(=O)NC(CO)C(=O)NCC(=O)O. The van der Waals surface area contributed by atoms with Crippen LogP contribution in [0.4, 0.5) is 0 Å². The summed E-state index contributed by atoms with van der Waals surface area (Å²) in [7, 11) is 0. The number of nitrogens with one attached hydrogen (secondary N) is 3. The third-order valence-corrected chi connectivity index (χ3v) is 2.40. The Morgan fingerprint density at radius 1 is 0.913 bits per heavy atom. The lowest BCUT2D eigenvalue weighted by Crippen LogP contribution is -2.53. The van der Waals surface area contributed by atoms with Crippen LogP contribution in [0.15, 0.2) is 0 Å². The van der Waals surface area contributed by atoms with E-state index < -0.39 is 67.9 Å². The maximum absolute atomic E-state index is 11.5. The predicted molar refractivity (Wildman–Crippen MR) is 72.9 cm³/mol. The smallest absolute Gasteiger partial charge is 0.322 e. The first-order valence-electron chi connectivity index (χ1n) is 6.32. The Morgan fingerprint density at radius 3 is 1.96 bits per heavy atom. The summed E-state index contributed by atoms with van der Waals surface area (Å²) in [5.41, 5.74) is 5.26. The van der Waals surface area contributed by atoms with Gasteiger partial charge in [0, 0.05) is 0 Å².